The lowest BCUT2D eigenvalue weighted by Crippen LogP contribution is -2.35. The van der Waals surface area contributed by atoms with Gasteiger partial charge in [-0.2, -0.15) is 0 Å². The van der Waals surface area contributed by atoms with Gasteiger partial charge in [0.1, 0.15) is 23.9 Å². The Hall–Kier alpha value is -4.10. The molecule has 1 unspecified atom stereocenters. The molecule has 1 aliphatic heterocycles. The van der Waals surface area contributed by atoms with Crippen LogP contribution >= 0.6 is 0 Å². The number of ether oxygens (including phenoxy) is 2. The maximum absolute atomic E-state index is 13.3. The van der Waals surface area contributed by atoms with Crippen LogP contribution in [-0.4, -0.2) is 60.4 Å². The summed E-state index contributed by atoms with van der Waals surface area (Å²) >= 11 is 0. The summed E-state index contributed by atoms with van der Waals surface area (Å²) in [6.07, 6.45) is 3.22. The summed E-state index contributed by atoms with van der Waals surface area (Å²) in [5, 5.41) is 11.4. The molecule has 0 radical (unpaired) electrons. The first-order valence-electron chi connectivity index (χ1n) is 14.2. The molecule has 41 heavy (non-hydrogen) atoms. The number of Topliss-reactive ketones (excluding diaryl/α,β-unsaturated/α-hetero) is 1. The molecule has 0 spiro atoms. The highest BCUT2D eigenvalue weighted by Gasteiger charge is 2.45. The number of aliphatic hydroxyl groups excluding tert-OH is 1. The molecule has 1 fully saturated rings. The molecule has 0 bridgehead atoms. The Labute approximate surface area is 243 Å². The highest BCUT2D eigenvalue weighted by Crippen LogP contribution is 2.40. The van der Waals surface area contributed by atoms with Crippen LogP contribution in [0.1, 0.15) is 54.5 Å². The van der Waals surface area contributed by atoms with E-state index in [1.807, 2.05) is 68.4 Å². The molecule has 3 aromatic carbocycles. The number of benzene rings is 3. The van der Waals surface area contributed by atoms with Crippen molar-refractivity contribution in [2.24, 2.45) is 0 Å². The Morgan fingerprint density at radius 1 is 0.927 bits per heavy atom. The molecule has 7 heteroatoms. The number of amides is 1. The summed E-state index contributed by atoms with van der Waals surface area (Å²) in [6, 6.07) is 21.8. The lowest BCUT2D eigenvalue weighted by atomic mass is 9.95. The molecule has 4 rings (SSSR count). The molecule has 1 saturated heterocycles. The van der Waals surface area contributed by atoms with Crippen LogP contribution in [0, 0.1) is 6.92 Å². The Kier molecular flexibility index (Phi) is 10.2. The number of unbranched alkanes of at least 4 members (excludes halogenated alkanes) is 2. The number of aryl methyl sites for hydroxylation is 1. The third kappa shape index (κ3) is 7.55. The van der Waals surface area contributed by atoms with Crippen molar-refractivity contribution < 1.29 is 24.2 Å². The quantitative estimate of drug-likeness (QED) is 0.118. The average Bonchev–Trinajstić information content (AvgIpc) is 3.22. The molecule has 1 atom stereocenters. The average molecular weight is 557 g/mol. The van der Waals surface area contributed by atoms with Crippen LogP contribution in [0.3, 0.4) is 0 Å². The van der Waals surface area contributed by atoms with E-state index in [-0.39, 0.29) is 11.3 Å². The molecule has 1 aliphatic rings. The van der Waals surface area contributed by atoms with E-state index in [2.05, 4.69) is 13.0 Å². The van der Waals surface area contributed by atoms with E-state index in [1.54, 1.807) is 29.2 Å². The number of likely N-dealkylation sites (tertiary alicyclic amines) is 1. The third-order valence-electron chi connectivity index (χ3n) is 7.16. The number of rotatable bonds is 13. The minimum Gasteiger partial charge on any atom is -0.507 e. The summed E-state index contributed by atoms with van der Waals surface area (Å²) in [5.74, 6) is -0.134. The van der Waals surface area contributed by atoms with Crippen molar-refractivity contribution in [2.45, 2.75) is 45.8 Å². The van der Waals surface area contributed by atoms with Gasteiger partial charge in [0.25, 0.3) is 11.7 Å². The van der Waals surface area contributed by atoms with E-state index in [0.29, 0.717) is 37.6 Å². The topological polar surface area (TPSA) is 79.3 Å². The third-order valence-corrected chi connectivity index (χ3v) is 7.16. The molecule has 0 aromatic heterocycles. The van der Waals surface area contributed by atoms with Gasteiger partial charge in [0.2, 0.25) is 0 Å². The maximum atomic E-state index is 13.3. The van der Waals surface area contributed by atoms with E-state index in [4.69, 9.17) is 9.47 Å². The van der Waals surface area contributed by atoms with Crippen molar-refractivity contribution in [3.63, 3.8) is 0 Å². The van der Waals surface area contributed by atoms with Crippen molar-refractivity contribution in [3.05, 3.63) is 101 Å². The lowest BCUT2D eigenvalue weighted by molar-refractivity contribution is -0.140. The monoisotopic (exact) mass is 556 g/mol. The van der Waals surface area contributed by atoms with Gasteiger partial charge in [0, 0.05) is 18.7 Å². The summed E-state index contributed by atoms with van der Waals surface area (Å²) < 4.78 is 11.8. The van der Waals surface area contributed by atoms with Crippen molar-refractivity contribution in [1.29, 1.82) is 0 Å². The molecule has 3 aromatic rings. The molecule has 7 nitrogen and oxygen atoms in total. The van der Waals surface area contributed by atoms with Gasteiger partial charge in [-0.05, 0) is 75.0 Å². The second-order valence-corrected chi connectivity index (χ2v) is 10.7. The minimum absolute atomic E-state index is 0.0822. The molecule has 216 valence electrons. The maximum Gasteiger partial charge on any atom is 0.295 e. The highest BCUT2D eigenvalue weighted by molar-refractivity contribution is 6.46. The van der Waals surface area contributed by atoms with E-state index in [1.165, 1.54) is 0 Å². The van der Waals surface area contributed by atoms with Gasteiger partial charge in [-0.3, -0.25) is 9.59 Å². The highest BCUT2D eigenvalue weighted by atomic mass is 16.5. The zero-order valence-electron chi connectivity index (χ0n) is 24.4. The van der Waals surface area contributed by atoms with Crippen LogP contribution in [0.2, 0.25) is 0 Å². The first kappa shape index (κ1) is 29.9. The normalized spacial score (nSPS) is 16.4. The van der Waals surface area contributed by atoms with Crippen LogP contribution < -0.4 is 9.47 Å². The number of carbonyl (C=O) groups is 2. The van der Waals surface area contributed by atoms with Crippen molar-refractivity contribution in [2.75, 3.05) is 33.8 Å². The number of ketones is 1. The summed E-state index contributed by atoms with van der Waals surface area (Å²) in [5.41, 5.74) is 3.49. The molecule has 1 N–H and O–H groups in total. The standard InChI is InChI=1S/C34H40N2O5/c1-5-6-7-21-40-28-15-11-26(12-16-28)31-30(33(38)34(39)36(31)20-19-35(3)4)32(37)27-13-17-29(18-14-27)41-23-25-10-8-9-24(2)22-25/h8-18,22,31,37H,5-7,19-21,23H2,1-4H3. The van der Waals surface area contributed by atoms with E-state index < -0.39 is 17.7 Å². The van der Waals surface area contributed by atoms with Crippen LogP contribution in [-0.2, 0) is 16.2 Å². The Bertz CT molecular complexity index is 1360. The van der Waals surface area contributed by atoms with E-state index in [9.17, 15) is 14.7 Å². The fraction of sp³-hybridized carbons (Fsp3) is 0.353. The summed E-state index contributed by atoms with van der Waals surface area (Å²) in [4.78, 5) is 30.0. The Morgan fingerprint density at radius 2 is 1.61 bits per heavy atom. The molecule has 1 heterocycles. The smallest absolute Gasteiger partial charge is 0.295 e. The second kappa shape index (κ2) is 14.0. The zero-order valence-corrected chi connectivity index (χ0v) is 24.4. The Morgan fingerprint density at radius 3 is 2.27 bits per heavy atom. The first-order valence-corrected chi connectivity index (χ1v) is 14.2. The van der Waals surface area contributed by atoms with Crippen LogP contribution in [0.15, 0.2) is 78.4 Å². The number of aliphatic hydroxyl groups is 1. The first-order chi connectivity index (χ1) is 19.8. The SMILES string of the molecule is CCCCCOc1ccc(C2C(=C(O)c3ccc(OCc4cccc(C)c4)cc3)C(=O)C(=O)N2CCN(C)C)cc1. The number of carbonyl (C=O) groups excluding carboxylic acids is 2. The number of hydrogen-bond acceptors (Lipinski definition) is 6. The van der Waals surface area contributed by atoms with E-state index in [0.717, 1.165) is 41.7 Å². The second-order valence-electron chi connectivity index (χ2n) is 10.7. The van der Waals surface area contributed by atoms with Gasteiger partial charge in [0.05, 0.1) is 18.2 Å². The van der Waals surface area contributed by atoms with Crippen molar-refractivity contribution >= 4 is 17.4 Å². The van der Waals surface area contributed by atoms with Gasteiger partial charge in [0.15, 0.2) is 0 Å². The summed E-state index contributed by atoms with van der Waals surface area (Å²) in [7, 11) is 3.83. The lowest BCUT2D eigenvalue weighted by Gasteiger charge is -2.26. The van der Waals surface area contributed by atoms with Crippen molar-refractivity contribution in [3.8, 4) is 11.5 Å². The predicted molar refractivity (Wildman–Crippen MR) is 161 cm³/mol. The predicted octanol–water partition coefficient (Wildman–Crippen LogP) is 6.13. The van der Waals surface area contributed by atoms with Gasteiger partial charge < -0.3 is 24.4 Å². The minimum atomic E-state index is -0.707. The van der Waals surface area contributed by atoms with E-state index >= 15 is 0 Å². The van der Waals surface area contributed by atoms with Crippen LogP contribution in [0.4, 0.5) is 0 Å². The largest absolute Gasteiger partial charge is 0.507 e. The number of likely N-dealkylation sites (N-methyl/N-ethyl adjacent to an activating group) is 1. The van der Waals surface area contributed by atoms with Crippen LogP contribution in [0.5, 0.6) is 11.5 Å². The fourth-order valence-corrected chi connectivity index (χ4v) is 4.89. The van der Waals surface area contributed by atoms with Crippen molar-refractivity contribution in [1.82, 2.24) is 9.80 Å². The summed E-state index contributed by atoms with van der Waals surface area (Å²) in [6.45, 7) is 6.17. The van der Waals surface area contributed by atoms with Gasteiger partial charge >= 0.3 is 0 Å². The Balaban J connectivity index is 1.59. The molecular weight excluding hydrogens is 516 g/mol. The number of nitrogens with zero attached hydrogens (tertiary/aromatic N) is 2. The number of hydrogen-bond donors (Lipinski definition) is 1. The van der Waals surface area contributed by atoms with Gasteiger partial charge in [-0.15, -0.1) is 0 Å². The molecule has 1 amide bonds. The molecular formula is C34H40N2O5. The van der Waals surface area contributed by atoms with Gasteiger partial charge in [-0.25, -0.2) is 0 Å². The molecule has 0 aliphatic carbocycles. The zero-order chi connectivity index (χ0) is 29.4. The molecule has 0 saturated carbocycles. The fourth-order valence-electron chi connectivity index (χ4n) is 4.89. The van der Waals surface area contributed by atoms with Crippen LogP contribution in [0.25, 0.3) is 5.76 Å². The van der Waals surface area contributed by atoms with Gasteiger partial charge in [-0.1, -0.05) is 61.7 Å².